The van der Waals surface area contributed by atoms with Crippen LogP contribution in [-0.2, 0) is 0 Å². The zero-order valence-electron chi connectivity index (χ0n) is 12.9. The molecule has 2 aromatic rings. The second kappa shape index (κ2) is 5.61. The predicted octanol–water partition coefficient (Wildman–Crippen LogP) is 2.64. The highest BCUT2D eigenvalue weighted by atomic mass is 16.6. The Hall–Kier alpha value is -2.50. The van der Waals surface area contributed by atoms with Crippen LogP contribution in [0.15, 0.2) is 29.0 Å². The van der Waals surface area contributed by atoms with E-state index >= 15 is 0 Å². The van der Waals surface area contributed by atoms with E-state index in [9.17, 15) is 4.79 Å². The number of nitrogens with one attached hydrogen (secondary N) is 1. The lowest BCUT2D eigenvalue weighted by Crippen LogP contribution is -2.27. The second-order valence-electron chi connectivity index (χ2n) is 5.87. The second-order valence-corrected chi connectivity index (χ2v) is 5.87. The van der Waals surface area contributed by atoms with Gasteiger partial charge in [-0.3, -0.25) is 4.79 Å². The van der Waals surface area contributed by atoms with E-state index in [1.54, 1.807) is 0 Å². The number of nitrogens with zero attached hydrogens (tertiary/aromatic N) is 1. The van der Waals surface area contributed by atoms with Crippen LogP contribution in [0.2, 0.25) is 0 Å². The van der Waals surface area contributed by atoms with Crippen LogP contribution >= 0.6 is 0 Å². The number of aromatic nitrogens is 1. The Morgan fingerprint density at radius 1 is 1.30 bits per heavy atom. The number of benzene rings is 1. The largest absolute Gasteiger partial charge is 0.486 e. The van der Waals surface area contributed by atoms with Gasteiger partial charge < -0.3 is 19.2 Å². The molecule has 0 saturated heterocycles. The first kappa shape index (κ1) is 14.1. The summed E-state index contributed by atoms with van der Waals surface area (Å²) in [6.07, 6.45) is 3.42. The number of oxazole rings is 1. The van der Waals surface area contributed by atoms with Gasteiger partial charge in [0.25, 0.3) is 5.91 Å². The van der Waals surface area contributed by atoms with Crippen molar-refractivity contribution in [2.45, 2.75) is 25.8 Å². The smallest absolute Gasteiger partial charge is 0.274 e. The summed E-state index contributed by atoms with van der Waals surface area (Å²) in [6, 6.07) is 5.74. The third-order valence-electron chi connectivity index (χ3n) is 4.35. The Kier molecular flexibility index (Phi) is 3.44. The normalized spacial score (nSPS) is 21.8. The van der Waals surface area contributed by atoms with E-state index in [-0.39, 0.29) is 11.9 Å². The van der Waals surface area contributed by atoms with Crippen LogP contribution in [-0.4, -0.2) is 30.1 Å². The summed E-state index contributed by atoms with van der Waals surface area (Å²) in [5.74, 6) is 2.21. The van der Waals surface area contributed by atoms with Crippen molar-refractivity contribution in [3.05, 3.63) is 30.3 Å². The lowest BCUT2D eigenvalue weighted by atomic mass is 10.1. The first-order chi connectivity index (χ1) is 11.3. The lowest BCUT2D eigenvalue weighted by molar-refractivity contribution is 0.0945. The van der Waals surface area contributed by atoms with E-state index in [4.69, 9.17) is 13.9 Å². The van der Waals surface area contributed by atoms with E-state index in [2.05, 4.69) is 17.2 Å². The molecule has 4 rings (SSSR count). The maximum Gasteiger partial charge on any atom is 0.274 e. The summed E-state index contributed by atoms with van der Waals surface area (Å²) in [5.41, 5.74) is 1.06. The predicted molar refractivity (Wildman–Crippen MR) is 82.6 cm³/mol. The Balaban J connectivity index is 1.58. The van der Waals surface area contributed by atoms with Crippen molar-refractivity contribution in [1.29, 1.82) is 0 Å². The fourth-order valence-corrected chi connectivity index (χ4v) is 2.91. The zero-order valence-corrected chi connectivity index (χ0v) is 12.9. The molecule has 1 amide bonds. The summed E-state index contributed by atoms with van der Waals surface area (Å²) in [6.45, 7) is 3.19. The highest BCUT2D eigenvalue weighted by molar-refractivity contribution is 5.98. The molecule has 120 valence electrons. The highest BCUT2D eigenvalue weighted by Gasteiger charge is 2.37. The van der Waals surface area contributed by atoms with Crippen molar-refractivity contribution in [3.8, 4) is 22.8 Å². The van der Waals surface area contributed by atoms with Gasteiger partial charge in [0.05, 0.1) is 0 Å². The third kappa shape index (κ3) is 2.65. The molecule has 6 heteroatoms. The van der Waals surface area contributed by atoms with Gasteiger partial charge in [-0.25, -0.2) is 4.98 Å². The molecule has 1 fully saturated rings. The molecule has 0 unspecified atom stereocenters. The van der Waals surface area contributed by atoms with E-state index in [1.165, 1.54) is 6.39 Å². The topological polar surface area (TPSA) is 73.6 Å². The van der Waals surface area contributed by atoms with Gasteiger partial charge in [0.1, 0.15) is 13.2 Å². The summed E-state index contributed by atoms with van der Waals surface area (Å²) in [4.78, 5) is 16.5. The van der Waals surface area contributed by atoms with Gasteiger partial charge in [-0.2, -0.15) is 0 Å². The van der Waals surface area contributed by atoms with Crippen molar-refractivity contribution < 1.29 is 18.7 Å². The molecule has 1 N–H and O–H groups in total. The molecule has 23 heavy (non-hydrogen) atoms. The van der Waals surface area contributed by atoms with E-state index in [0.29, 0.717) is 42.1 Å². The minimum Gasteiger partial charge on any atom is -0.486 e. The van der Waals surface area contributed by atoms with Crippen LogP contribution in [0.25, 0.3) is 11.3 Å². The van der Waals surface area contributed by atoms with Gasteiger partial charge >= 0.3 is 0 Å². The summed E-state index contributed by atoms with van der Waals surface area (Å²) in [7, 11) is 0. The number of amides is 1. The number of hydrogen-bond donors (Lipinski definition) is 1. The minimum atomic E-state index is -0.190. The lowest BCUT2D eigenvalue weighted by Gasteiger charge is -2.18. The van der Waals surface area contributed by atoms with Gasteiger partial charge in [-0.05, 0) is 30.5 Å². The van der Waals surface area contributed by atoms with Crippen molar-refractivity contribution in [2.24, 2.45) is 5.92 Å². The molecule has 2 heterocycles. The molecule has 0 spiro atoms. The van der Waals surface area contributed by atoms with E-state index in [0.717, 1.165) is 18.4 Å². The first-order valence-electron chi connectivity index (χ1n) is 7.90. The van der Waals surface area contributed by atoms with Crippen LogP contribution in [0, 0.1) is 5.92 Å². The number of ether oxygens (including phenoxy) is 2. The molecular weight excluding hydrogens is 296 g/mol. The number of carbonyl (C=O) groups is 1. The standard InChI is InChI=1S/C17H18N2O4/c1-2-10-7-12(10)19-17(20)15-16(23-9-18-15)11-3-4-13-14(8-11)22-6-5-21-13/h3-4,8-10,12H,2,5-7H2,1H3,(H,19,20)/t10-,12-/m1/s1. The third-order valence-corrected chi connectivity index (χ3v) is 4.35. The van der Waals surface area contributed by atoms with E-state index in [1.807, 2.05) is 18.2 Å². The molecule has 0 radical (unpaired) electrons. The molecule has 2 aliphatic rings. The minimum absolute atomic E-state index is 0.190. The molecule has 1 aliphatic carbocycles. The summed E-state index contributed by atoms with van der Waals surface area (Å²) < 4.78 is 16.5. The number of carbonyl (C=O) groups excluding carboxylic acids is 1. The Morgan fingerprint density at radius 3 is 2.91 bits per heavy atom. The summed E-state index contributed by atoms with van der Waals surface area (Å²) >= 11 is 0. The molecule has 1 aromatic carbocycles. The van der Waals surface area contributed by atoms with Crippen LogP contribution in [0.1, 0.15) is 30.3 Å². The maximum absolute atomic E-state index is 12.4. The SMILES string of the molecule is CC[C@@H]1C[C@H]1NC(=O)c1ncoc1-c1ccc2c(c1)OCCO2. The Labute approximate surface area is 133 Å². The molecule has 2 atom stereocenters. The number of hydrogen-bond acceptors (Lipinski definition) is 5. The number of rotatable bonds is 4. The van der Waals surface area contributed by atoms with Crippen LogP contribution in [0.4, 0.5) is 0 Å². The molecule has 1 aliphatic heterocycles. The number of fused-ring (bicyclic) bond motifs is 1. The molecule has 0 bridgehead atoms. The average molecular weight is 314 g/mol. The summed E-state index contributed by atoms with van der Waals surface area (Å²) in [5, 5.41) is 3.01. The van der Waals surface area contributed by atoms with Crippen molar-refractivity contribution in [1.82, 2.24) is 10.3 Å². The monoisotopic (exact) mass is 314 g/mol. The van der Waals surface area contributed by atoms with Crippen LogP contribution < -0.4 is 14.8 Å². The Bertz CT molecular complexity index is 740. The first-order valence-corrected chi connectivity index (χ1v) is 7.90. The van der Waals surface area contributed by atoms with Gasteiger partial charge in [0.2, 0.25) is 0 Å². The van der Waals surface area contributed by atoms with Gasteiger partial charge in [0.15, 0.2) is 29.3 Å². The highest BCUT2D eigenvalue weighted by Crippen LogP contribution is 2.36. The molecular formula is C17H18N2O4. The fraction of sp³-hybridized carbons (Fsp3) is 0.412. The maximum atomic E-state index is 12.4. The van der Waals surface area contributed by atoms with Crippen molar-refractivity contribution in [2.75, 3.05) is 13.2 Å². The fourth-order valence-electron chi connectivity index (χ4n) is 2.91. The Morgan fingerprint density at radius 2 is 2.13 bits per heavy atom. The zero-order chi connectivity index (χ0) is 15.8. The van der Waals surface area contributed by atoms with Crippen LogP contribution in [0.5, 0.6) is 11.5 Å². The molecule has 6 nitrogen and oxygen atoms in total. The van der Waals surface area contributed by atoms with Crippen molar-refractivity contribution >= 4 is 5.91 Å². The van der Waals surface area contributed by atoms with Crippen molar-refractivity contribution in [3.63, 3.8) is 0 Å². The average Bonchev–Trinajstić information content (AvgIpc) is 3.15. The van der Waals surface area contributed by atoms with E-state index < -0.39 is 0 Å². The van der Waals surface area contributed by atoms with Gasteiger partial charge in [-0.15, -0.1) is 0 Å². The molecule has 1 aromatic heterocycles. The molecule has 1 saturated carbocycles. The van der Waals surface area contributed by atoms with Gasteiger partial charge in [-0.1, -0.05) is 13.3 Å². The van der Waals surface area contributed by atoms with Gasteiger partial charge in [0, 0.05) is 11.6 Å². The van der Waals surface area contributed by atoms with Crippen LogP contribution in [0.3, 0.4) is 0 Å². The quantitative estimate of drug-likeness (QED) is 0.939.